The van der Waals surface area contributed by atoms with E-state index in [2.05, 4.69) is 24.3 Å². The molecule has 132 valence electrons. The van der Waals surface area contributed by atoms with Crippen molar-refractivity contribution in [2.75, 3.05) is 40.0 Å². The third-order valence-corrected chi connectivity index (χ3v) is 4.53. The molecular weight excluding hydrogens is 318 g/mol. The molecule has 25 heavy (non-hydrogen) atoms. The summed E-state index contributed by atoms with van der Waals surface area (Å²) in [5, 5.41) is 9.13. The van der Waals surface area contributed by atoms with Crippen LogP contribution in [0.5, 0.6) is 0 Å². The quantitative estimate of drug-likeness (QED) is 0.841. The summed E-state index contributed by atoms with van der Waals surface area (Å²) < 4.78 is 10.6. The van der Waals surface area contributed by atoms with Crippen LogP contribution in [0, 0.1) is 0 Å². The standard InChI is InChI=1S/C20H23NO4/c1-24-13-11-21(10-12-22)20(23)25-14-19-17-8-4-2-6-15(17)16-7-3-5-9-18(16)19/h2-9,19,22H,10-14H2,1H3. The minimum Gasteiger partial charge on any atom is -0.448 e. The van der Waals surface area contributed by atoms with Gasteiger partial charge in [0.1, 0.15) is 6.61 Å². The number of methoxy groups -OCH3 is 1. The van der Waals surface area contributed by atoms with E-state index in [0.29, 0.717) is 13.2 Å². The van der Waals surface area contributed by atoms with Gasteiger partial charge in [0.25, 0.3) is 0 Å². The summed E-state index contributed by atoms with van der Waals surface area (Å²) in [5.74, 6) is 0.0368. The van der Waals surface area contributed by atoms with Gasteiger partial charge in [0.2, 0.25) is 0 Å². The van der Waals surface area contributed by atoms with Gasteiger partial charge in [0.05, 0.1) is 13.2 Å². The Bertz CT molecular complexity index is 686. The fourth-order valence-electron chi connectivity index (χ4n) is 3.30. The first-order chi connectivity index (χ1) is 12.3. The molecule has 1 amide bonds. The number of fused-ring (bicyclic) bond motifs is 3. The van der Waals surface area contributed by atoms with Crippen molar-refractivity contribution in [3.63, 3.8) is 0 Å². The van der Waals surface area contributed by atoms with E-state index in [1.807, 2.05) is 24.3 Å². The Morgan fingerprint density at radius 2 is 1.64 bits per heavy atom. The van der Waals surface area contributed by atoms with Gasteiger partial charge in [-0.3, -0.25) is 0 Å². The van der Waals surface area contributed by atoms with Gasteiger partial charge in [-0.2, -0.15) is 0 Å². The first-order valence-electron chi connectivity index (χ1n) is 8.46. The molecule has 3 rings (SSSR count). The molecule has 5 nitrogen and oxygen atoms in total. The van der Waals surface area contributed by atoms with Crippen molar-refractivity contribution in [1.82, 2.24) is 4.90 Å². The molecular formula is C20H23NO4. The lowest BCUT2D eigenvalue weighted by molar-refractivity contribution is 0.0777. The van der Waals surface area contributed by atoms with E-state index in [1.54, 1.807) is 7.11 Å². The average Bonchev–Trinajstić information content (AvgIpc) is 2.97. The number of amides is 1. The Morgan fingerprint density at radius 1 is 1.04 bits per heavy atom. The van der Waals surface area contributed by atoms with Gasteiger partial charge in [-0.25, -0.2) is 4.79 Å². The van der Waals surface area contributed by atoms with Crippen LogP contribution in [-0.4, -0.2) is 56.1 Å². The number of carbonyl (C=O) groups excluding carboxylic acids is 1. The second-order valence-electron chi connectivity index (χ2n) is 6.01. The van der Waals surface area contributed by atoms with Crippen molar-refractivity contribution in [2.24, 2.45) is 0 Å². The van der Waals surface area contributed by atoms with E-state index in [4.69, 9.17) is 14.6 Å². The zero-order chi connectivity index (χ0) is 17.6. The topological polar surface area (TPSA) is 59.0 Å². The second-order valence-corrected chi connectivity index (χ2v) is 6.01. The van der Waals surface area contributed by atoms with E-state index >= 15 is 0 Å². The molecule has 5 heteroatoms. The lowest BCUT2D eigenvalue weighted by Crippen LogP contribution is -2.37. The van der Waals surface area contributed by atoms with Crippen molar-refractivity contribution in [3.8, 4) is 11.1 Å². The molecule has 0 aromatic heterocycles. The van der Waals surface area contributed by atoms with Gasteiger partial charge in [-0.1, -0.05) is 48.5 Å². The monoisotopic (exact) mass is 341 g/mol. The van der Waals surface area contributed by atoms with E-state index in [-0.39, 0.29) is 25.7 Å². The number of benzene rings is 2. The maximum atomic E-state index is 12.4. The van der Waals surface area contributed by atoms with Gasteiger partial charge in [0.15, 0.2) is 0 Å². The molecule has 0 radical (unpaired) electrons. The highest BCUT2D eigenvalue weighted by Gasteiger charge is 2.29. The Labute approximate surface area is 147 Å². The number of rotatable bonds is 7. The number of carbonyl (C=O) groups is 1. The number of ether oxygens (including phenoxy) is 2. The number of aliphatic hydroxyl groups excluding tert-OH is 1. The van der Waals surface area contributed by atoms with Crippen LogP contribution < -0.4 is 0 Å². The van der Waals surface area contributed by atoms with E-state index in [9.17, 15) is 4.79 Å². The first kappa shape index (κ1) is 17.5. The molecule has 1 aliphatic carbocycles. The molecule has 0 atom stereocenters. The Balaban J connectivity index is 1.73. The number of hydrogen-bond acceptors (Lipinski definition) is 4. The fraction of sp³-hybridized carbons (Fsp3) is 0.350. The van der Waals surface area contributed by atoms with Crippen LogP contribution in [0.2, 0.25) is 0 Å². The van der Waals surface area contributed by atoms with Crippen LogP contribution in [0.3, 0.4) is 0 Å². The van der Waals surface area contributed by atoms with E-state index in [0.717, 1.165) is 0 Å². The molecule has 0 heterocycles. The van der Waals surface area contributed by atoms with Crippen LogP contribution in [0.25, 0.3) is 11.1 Å². The Morgan fingerprint density at radius 3 is 2.20 bits per heavy atom. The highest BCUT2D eigenvalue weighted by molar-refractivity contribution is 5.79. The molecule has 1 N–H and O–H groups in total. The van der Waals surface area contributed by atoms with Crippen molar-refractivity contribution in [1.29, 1.82) is 0 Å². The molecule has 2 aromatic carbocycles. The third-order valence-electron chi connectivity index (χ3n) is 4.53. The van der Waals surface area contributed by atoms with Gasteiger partial charge < -0.3 is 19.5 Å². The van der Waals surface area contributed by atoms with Crippen molar-refractivity contribution >= 4 is 6.09 Å². The predicted octanol–water partition coefficient (Wildman–Crippen LogP) is 2.88. The summed E-state index contributed by atoms with van der Waals surface area (Å²) in [6, 6.07) is 16.5. The molecule has 0 fully saturated rings. The zero-order valence-corrected chi connectivity index (χ0v) is 14.4. The third kappa shape index (κ3) is 3.67. The van der Waals surface area contributed by atoms with Gasteiger partial charge in [-0.05, 0) is 22.3 Å². The number of hydrogen-bond donors (Lipinski definition) is 1. The van der Waals surface area contributed by atoms with Crippen LogP contribution in [0.4, 0.5) is 4.79 Å². The predicted molar refractivity (Wildman–Crippen MR) is 95.6 cm³/mol. The first-order valence-corrected chi connectivity index (χ1v) is 8.46. The van der Waals surface area contributed by atoms with Gasteiger partial charge in [0, 0.05) is 26.1 Å². The summed E-state index contributed by atoms with van der Waals surface area (Å²) in [4.78, 5) is 13.8. The minimum absolute atomic E-state index is 0.0368. The summed E-state index contributed by atoms with van der Waals surface area (Å²) in [6.45, 7) is 1.22. The second kappa shape index (κ2) is 8.14. The van der Waals surface area contributed by atoms with Crippen molar-refractivity contribution in [2.45, 2.75) is 5.92 Å². The van der Waals surface area contributed by atoms with E-state index < -0.39 is 6.09 Å². The lowest BCUT2D eigenvalue weighted by atomic mass is 9.98. The van der Waals surface area contributed by atoms with Crippen molar-refractivity contribution in [3.05, 3.63) is 59.7 Å². The van der Waals surface area contributed by atoms with Crippen LogP contribution in [-0.2, 0) is 9.47 Å². The molecule has 0 unspecified atom stereocenters. The highest BCUT2D eigenvalue weighted by atomic mass is 16.6. The van der Waals surface area contributed by atoms with Crippen molar-refractivity contribution < 1.29 is 19.4 Å². The smallest absolute Gasteiger partial charge is 0.409 e. The summed E-state index contributed by atoms with van der Waals surface area (Å²) >= 11 is 0. The fourth-order valence-corrected chi connectivity index (χ4v) is 3.30. The Hall–Kier alpha value is -2.37. The molecule has 0 saturated carbocycles. The van der Waals surface area contributed by atoms with Crippen LogP contribution in [0.1, 0.15) is 17.0 Å². The molecule has 2 aromatic rings. The van der Waals surface area contributed by atoms with Crippen LogP contribution >= 0.6 is 0 Å². The maximum Gasteiger partial charge on any atom is 0.409 e. The van der Waals surface area contributed by atoms with Gasteiger partial charge in [-0.15, -0.1) is 0 Å². The van der Waals surface area contributed by atoms with Crippen LogP contribution in [0.15, 0.2) is 48.5 Å². The highest BCUT2D eigenvalue weighted by Crippen LogP contribution is 2.44. The number of aliphatic hydroxyl groups is 1. The zero-order valence-electron chi connectivity index (χ0n) is 14.4. The molecule has 0 aliphatic heterocycles. The minimum atomic E-state index is -0.423. The summed E-state index contributed by atoms with van der Waals surface area (Å²) in [7, 11) is 1.58. The Kier molecular flexibility index (Phi) is 5.68. The molecule has 0 bridgehead atoms. The summed E-state index contributed by atoms with van der Waals surface area (Å²) in [5.41, 5.74) is 4.76. The molecule has 1 aliphatic rings. The molecule has 0 spiro atoms. The molecule has 0 saturated heterocycles. The largest absolute Gasteiger partial charge is 0.448 e. The maximum absolute atomic E-state index is 12.4. The SMILES string of the molecule is COCCN(CCO)C(=O)OCC1c2ccccc2-c2ccccc21. The number of nitrogens with zero attached hydrogens (tertiary/aromatic N) is 1. The van der Waals surface area contributed by atoms with Gasteiger partial charge >= 0.3 is 6.09 Å². The lowest BCUT2D eigenvalue weighted by Gasteiger charge is -2.22. The average molecular weight is 341 g/mol. The van der Waals surface area contributed by atoms with E-state index in [1.165, 1.54) is 27.2 Å². The normalized spacial score (nSPS) is 12.6. The summed E-state index contributed by atoms with van der Waals surface area (Å²) in [6.07, 6.45) is -0.423.